The van der Waals surface area contributed by atoms with Crippen molar-refractivity contribution in [2.45, 2.75) is 0 Å². The molecule has 1 amide bonds. The van der Waals surface area contributed by atoms with Gasteiger partial charge in [-0.3, -0.25) is 14.9 Å². The number of nitro groups is 1. The summed E-state index contributed by atoms with van der Waals surface area (Å²) in [5.41, 5.74) is 0.424. The molecule has 1 aromatic heterocycles. The van der Waals surface area contributed by atoms with Gasteiger partial charge in [-0.25, -0.2) is 0 Å². The molecule has 98 valence electrons. The highest BCUT2D eigenvalue weighted by Crippen LogP contribution is 2.19. The molecule has 0 aliphatic heterocycles. The number of hydrogen-bond acceptors (Lipinski definition) is 4. The highest BCUT2D eigenvalue weighted by Gasteiger charge is 2.17. The number of benzene rings is 1. The largest absolute Gasteiger partial charge is 0.508 e. The minimum Gasteiger partial charge on any atom is -0.508 e. The molecule has 1 heterocycles. The minimum atomic E-state index is -0.564. The predicted molar refractivity (Wildman–Crippen MR) is 68.1 cm³/mol. The van der Waals surface area contributed by atoms with E-state index in [2.05, 4.69) is 5.32 Å². The maximum Gasteiger partial charge on any atom is 0.287 e. The van der Waals surface area contributed by atoms with Crippen LogP contribution in [-0.2, 0) is 7.05 Å². The zero-order valence-electron chi connectivity index (χ0n) is 10.0. The Morgan fingerprint density at radius 1 is 1.42 bits per heavy atom. The molecule has 0 saturated carbocycles. The fourth-order valence-electron chi connectivity index (χ4n) is 1.65. The van der Waals surface area contributed by atoms with E-state index in [0.717, 1.165) is 0 Å². The van der Waals surface area contributed by atoms with Gasteiger partial charge >= 0.3 is 0 Å². The van der Waals surface area contributed by atoms with E-state index in [1.165, 1.54) is 29.0 Å². The number of anilines is 1. The second-order valence-corrected chi connectivity index (χ2v) is 3.96. The van der Waals surface area contributed by atoms with E-state index in [0.29, 0.717) is 5.69 Å². The third-order valence-electron chi connectivity index (χ3n) is 2.54. The van der Waals surface area contributed by atoms with E-state index >= 15 is 0 Å². The molecule has 2 aromatic rings. The van der Waals surface area contributed by atoms with Crippen molar-refractivity contribution in [3.8, 4) is 5.75 Å². The first-order valence-corrected chi connectivity index (χ1v) is 5.38. The summed E-state index contributed by atoms with van der Waals surface area (Å²) >= 11 is 0. The molecule has 1 aromatic carbocycles. The van der Waals surface area contributed by atoms with Crippen LogP contribution in [-0.4, -0.2) is 20.5 Å². The zero-order valence-corrected chi connectivity index (χ0v) is 10.0. The number of phenolic OH excluding ortho intramolecular Hbond substituents is 1. The summed E-state index contributed by atoms with van der Waals surface area (Å²) < 4.78 is 1.37. The molecule has 19 heavy (non-hydrogen) atoms. The quantitative estimate of drug-likeness (QED) is 0.651. The van der Waals surface area contributed by atoms with Gasteiger partial charge < -0.3 is 15.0 Å². The van der Waals surface area contributed by atoms with Gasteiger partial charge in [0.15, 0.2) is 0 Å². The average molecular weight is 261 g/mol. The fourth-order valence-corrected chi connectivity index (χ4v) is 1.65. The van der Waals surface area contributed by atoms with Gasteiger partial charge in [0, 0.05) is 24.9 Å². The van der Waals surface area contributed by atoms with Gasteiger partial charge in [-0.1, -0.05) is 6.07 Å². The Hall–Kier alpha value is -2.83. The van der Waals surface area contributed by atoms with Crippen molar-refractivity contribution in [1.29, 1.82) is 0 Å². The molecular weight excluding hydrogens is 250 g/mol. The summed E-state index contributed by atoms with van der Waals surface area (Å²) in [4.78, 5) is 22.0. The first-order chi connectivity index (χ1) is 8.97. The lowest BCUT2D eigenvalue weighted by Crippen LogP contribution is -2.15. The van der Waals surface area contributed by atoms with Crippen LogP contribution in [0, 0.1) is 10.1 Å². The number of aryl methyl sites for hydroxylation is 1. The summed E-state index contributed by atoms with van der Waals surface area (Å²) in [7, 11) is 1.55. The molecule has 0 fully saturated rings. The van der Waals surface area contributed by atoms with Gasteiger partial charge in [-0.2, -0.15) is 0 Å². The van der Waals surface area contributed by atoms with Crippen molar-refractivity contribution in [3.63, 3.8) is 0 Å². The van der Waals surface area contributed by atoms with Crippen LogP contribution in [0.15, 0.2) is 36.5 Å². The van der Waals surface area contributed by atoms with E-state index in [1.807, 2.05) is 0 Å². The zero-order chi connectivity index (χ0) is 14.0. The second kappa shape index (κ2) is 4.81. The van der Waals surface area contributed by atoms with Crippen molar-refractivity contribution in [3.05, 3.63) is 52.3 Å². The third kappa shape index (κ3) is 2.71. The summed E-state index contributed by atoms with van der Waals surface area (Å²) in [6, 6.07) is 7.24. The van der Waals surface area contributed by atoms with Crippen LogP contribution in [0.3, 0.4) is 0 Å². The summed E-state index contributed by atoms with van der Waals surface area (Å²) in [6.45, 7) is 0. The number of nitrogens with one attached hydrogen (secondary N) is 1. The smallest absolute Gasteiger partial charge is 0.287 e. The van der Waals surface area contributed by atoms with Crippen molar-refractivity contribution < 1.29 is 14.8 Å². The molecule has 0 unspecified atom stereocenters. The molecule has 0 bridgehead atoms. The van der Waals surface area contributed by atoms with E-state index in [-0.39, 0.29) is 17.1 Å². The van der Waals surface area contributed by atoms with Crippen LogP contribution in [0.25, 0.3) is 0 Å². The summed E-state index contributed by atoms with van der Waals surface area (Å²) in [5, 5.41) is 22.5. The molecule has 7 nitrogen and oxygen atoms in total. The molecule has 7 heteroatoms. The lowest BCUT2D eigenvalue weighted by molar-refractivity contribution is -0.384. The Morgan fingerprint density at radius 3 is 2.74 bits per heavy atom. The number of rotatable bonds is 3. The Morgan fingerprint density at radius 2 is 2.16 bits per heavy atom. The third-order valence-corrected chi connectivity index (χ3v) is 2.54. The first-order valence-electron chi connectivity index (χ1n) is 5.38. The van der Waals surface area contributed by atoms with Gasteiger partial charge in [-0.15, -0.1) is 0 Å². The monoisotopic (exact) mass is 261 g/mol. The molecular formula is C12H11N3O4. The first kappa shape index (κ1) is 12.6. The molecule has 0 spiro atoms. The molecule has 2 N–H and O–H groups in total. The Kier molecular flexibility index (Phi) is 3.19. The maximum atomic E-state index is 11.9. The SMILES string of the molecule is Cn1cc([N+](=O)[O-])cc1C(=O)Nc1cccc(O)c1. The Bertz CT molecular complexity index is 648. The second-order valence-electron chi connectivity index (χ2n) is 3.96. The number of carbonyl (C=O) groups is 1. The normalized spacial score (nSPS) is 10.2. The molecule has 0 aliphatic carbocycles. The topological polar surface area (TPSA) is 97.4 Å². The van der Waals surface area contributed by atoms with Gasteiger partial charge in [0.1, 0.15) is 11.4 Å². The Labute approximate surface area is 108 Å². The molecule has 0 aliphatic rings. The summed E-state index contributed by atoms with van der Waals surface area (Å²) in [6.07, 6.45) is 1.26. The van der Waals surface area contributed by atoms with Crippen molar-refractivity contribution in [1.82, 2.24) is 4.57 Å². The summed E-state index contributed by atoms with van der Waals surface area (Å²) in [5.74, 6) is -0.461. The van der Waals surface area contributed by atoms with Crippen LogP contribution in [0.5, 0.6) is 5.75 Å². The van der Waals surface area contributed by atoms with Crippen LogP contribution < -0.4 is 5.32 Å². The van der Waals surface area contributed by atoms with Crippen LogP contribution in [0.1, 0.15) is 10.5 Å². The van der Waals surface area contributed by atoms with E-state index < -0.39 is 10.8 Å². The minimum absolute atomic E-state index is 0.0238. The number of nitrogens with zero attached hydrogens (tertiary/aromatic N) is 2. The van der Waals surface area contributed by atoms with Gasteiger partial charge in [0.05, 0.1) is 11.1 Å². The number of aromatic hydroxyl groups is 1. The van der Waals surface area contributed by atoms with Crippen molar-refractivity contribution >= 4 is 17.3 Å². The average Bonchev–Trinajstić information content (AvgIpc) is 2.71. The highest BCUT2D eigenvalue weighted by atomic mass is 16.6. The lowest BCUT2D eigenvalue weighted by atomic mass is 10.3. The van der Waals surface area contributed by atoms with E-state index in [4.69, 9.17) is 0 Å². The predicted octanol–water partition coefficient (Wildman–Crippen LogP) is 1.89. The van der Waals surface area contributed by atoms with Crippen molar-refractivity contribution in [2.75, 3.05) is 5.32 Å². The number of hydrogen-bond donors (Lipinski definition) is 2. The molecule has 2 rings (SSSR count). The van der Waals surface area contributed by atoms with E-state index in [9.17, 15) is 20.0 Å². The number of carbonyl (C=O) groups excluding carboxylic acids is 1. The van der Waals surface area contributed by atoms with Gasteiger partial charge in [0.2, 0.25) is 0 Å². The van der Waals surface area contributed by atoms with Crippen LogP contribution in [0.2, 0.25) is 0 Å². The van der Waals surface area contributed by atoms with Gasteiger partial charge in [0.25, 0.3) is 11.6 Å². The lowest BCUT2D eigenvalue weighted by Gasteiger charge is -2.05. The van der Waals surface area contributed by atoms with Crippen LogP contribution in [0.4, 0.5) is 11.4 Å². The number of aromatic nitrogens is 1. The maximum absolute atomic E-state index is 11.9. The number of amides is 1. The number of phenols is 1. The molecule has 0 atom stereocenters. The Balaban J connectivity index is 2.23. The molecule has 0 saturated heterocycles. The standard InChI is InChI=1S/C12H11N3O4/c1-14-7-9(15(18)19)6-11(14)12(17)13-8-3-2-4-10(16)5-8/h2-7,16H,1H3,(H,13,17). The van der Waals surface area contributed by atoms with Crippen molar-refractivity contribution in [2.24, 2.45) is 7.05 Å². The molecule has 0 radical (unpaired) electrons. The fraction of sp³-hybridized carbons (Fsp3) is 0.0833. The van der Waals surface area contributed by atoms with Gasteiger partial charge in [-0.05, 0) is 12.1 Å². The highest BCUT2D eigenvalue weighted by molar-refractivity contribution is 6.03. The van der Waals surface area contributed by atoms with Crippen LogP contribution >= 0.6 is 0 Å². The van der Waals surface area contributed by atoms with E-state index in [1.54, 1.807) is 19.2 Å².